The van der Waals surface area contributed by atoms with Gasteiger partial charge in [0.1, 0.15) is 5.69 Å². The molecular weight excluding hydrogens is 521 g/mol. The highest BCUT2D eigenvalue weighted by molar-refractivity contribution is 14.1. The van der Waals surface area contributed by atoms with E-state index in [9.17, 15) is 13.6 Å². The van der Waals surface area contributed by atoms with Crippen molar-refractivity contribution in [3.05, 3.63) is 79.1 Å². The average molecular weight is 536 g/mol. The molecule has 2 heterocycles. The Labute approximate surface area is 188 Å². The smallest absolute Gasteiger partial charge is 0.296 e. The summed E-state index contributed by atoms with van der Waals surface area (Å²) >= 11 is 1.72. The van der Waals surface area contributed by atoms with Crippen LogP contribution >= 0.6 is 22.6 Å². The van der Waals surface area contributed by atoms with Gasteiger partial charge in [0.2, 0.25) is 18.2 Å². The number of hydrogen-bond donors (Lipinski definition) is 1. The van der Waals surface area contributed by atoms with E-state index in [1.54, 1.807) is 28.7 Å². The van der Waals surface area contributed by atoms with Crippen LogP contribution in [0.25, 0.3) is 11.5 Å². The van der Waals surface area contributed by atoms with E-state index in [1.165, 1.54) is 24.1 Å². The molecule has 0 amide bonds. The van der Waals surface area contributed by atoms with Crippen LogP contribution in [0.15, 0.2) is 45.9 Å². The molecule has 0 unspecified atom stereocenters. The molecule has 8 nitrogen and oxygen atoms in total. The molecule has 2 aromatic heterocycles. The minimum Gasteiger partial charge on any atom is -0.423 e. The fraction of sp³-hybridized carbons (Fsp3) is 0.150. The van der Waals surface area contributed by atoms with Crippen molar-refractivity contribution in [1.82, 2.24) is 25.0 Å². The van der Waals surface area contributed by atoms with Crippen molar-refractivity contribution in [3.63, 3.8) is 0 Å². The summed E-state index contributed by atoms with van der Waals surface area (Å²) in [6.45, 7) is 3.49. The number of nitrogens with one attached hydrogen (secondary N) is 1. The lowest BCUT2D eigenvalue weighted by molar-refractivity contribution is 0.500. The van der Waals surface area contributed by atoms with Crippen LogP contribution in [0, 0.1) is 29.1 Å². The second-order valence-corrected chi connectivity index (χ2v) is 7.92. The molecule has 0 aliphatic heterocycles. The van der Waals surface area contributed by atoms with E-state index in [0.29, 0.717) is 22.7 Å². The monoisotopic (exact) mass is 536 g/mol. The summed E-state index contributed by atoms with van der Waals surface area (Å²) in [4.78, 5) is 16.2. The van der Waals surface area contributed by atoms with Crippen LogP contribution < -0.4 is 10.9 Å². The van der Waals surface area contributed by atoms with Crippen LogP contribution in [-0.2, 0) is 6.54 Å². The predicted molar refractivity (Wildman–Crippen MR) is 117 cm³/mol. The van der Waals surface area contributed by atoms with Crippen molar-refractivity contribution in [2.45, 2.75) is 20.4 Å². The number of hydrogen-bond acceptors (Lipinski definition) is 7. The number of nitrogens with zero attached hydrogens (tertiary/aromatic N) is 5. The summed E-state index contributed by atoms with van der Waals surface area (Å²) < 4.78 is 34.3. The molecule has 0 fully saturated rings. The van der Waals surface area contributed by atoms with E-state index < -0.39 is 17.2 Å². The molecule has 4 rings (SSSR count). The first-order chi connectivity index (χ1) is 14.8. The van der Waals surface area contributed by atoms with E-state index in [2.05, 4.69) is 25.6 Å². The van der Waals surface area contributed by atoms with E-state index >= 15 is 0 Å². The summed E-state index contributed by atoms with van der Waals surface area (Å²) in [7, 11) is 0. The summed E-state index contributed by atoms with van der Waals surface area (Å²) in [5.41, 5.74) is 2.34. The molecule has 0 spiro atoms. The van der Waals surface area contributed by atoms with Gasteiger partial charge in [-0.05, 0) is 71.8 Å². The molecule has 0 aliphatic carbocycles. The fourth-order valence-electron chi connectivity index (χ4n) is 2.89. The molecule has 31 heavy (non-hydrogen) atoms. The zero-order chi connectivity index (χ0) is 22.1. The highest BCUT2D eigenvalue weighted by Crippen LogP contribution is 2.26. The van der Waals surface area contributed by atoms with Gasteiger partial charge in [0, 0.05) is 11.3 Å². The average Bonchev–Trinajstić information content (AvgIpc) is 3.26. The lowest BCUT2D eigenvalue weighted by Crippen LogP contribution is -2.23. The highest BCUT2D eigenvalue weighted by atomic mass is 127. The lowest BCUT2D eigenvalue weighted by atomic mass is 10.1. The number of anilines is 2. The summed E-state index contributed by atoms with van der Waals surface area (Å²) in [5.74, 6) is -1.36. The topological polar surface area (TPSA) is 98.7 Å². The van der Waals surface area contributed by atoms with Gasteiger partial charge in [-0.15, -0.1) is 10.2 Å². The van der Waals surface area contributed by atoms with Crippen molar-refractivity contribution in [1.29, 1.82) is 0 Å². The minimum absolute atomic E-state index is 0.0754. The van der Waals surface area contributed by atoms with Crippen molar-refractivity contribution in [2.75, 3.05) is 5.32 Å². The third kappa shape index (κ3) is 4.45. The standard InChI is InChI=1S/C20H15F2IN6O2/c1-10-3-4-13(19-27-24-9-31-19)7-16(10)25-20-26-18(30)11(2)28-29(20)8-12-5-14(21)17(22)15(23)6-12/h3-7,9H,8H2,1-2H3,(H,25,26,30). The van der Waals surface area contributed by atoms with Gasteiger partial charge in [0.25, 0.3) is 5.56 Å². The van der Waals surface area contributed by atoms with E-state index in [-0.39, 0.29) is 21.8 Å². The van der Waals surface area contributed by atoms with Gasteiger partial charge in [-0.25, -0.2) is 13.5 Å². The van der Waals surface area contributed by atoms with E-state index in [1.807, 2.05) is 19.1 Å². The number of benzene rings is 2. The van der Waals surface area contributed by atoms with Crippen LogP contribution in [0.5, 0.6) is 0 Å². The third-order valence-electron chi connectivity index (χ3n) is 4.50. The van der Waals surface area contributed by atoms with Crippen molar-refractivity contribution in [2.24, 2.45) is 0 Å². The normalized spacial score (nSPS) is 11.0. The van der Waals surface area contributed by atoms with Gasteiger partial charge in [0.05, 0.1) is 10.1 Å². The number of aryl methyl sites for hydroxylation is 2. The molecule has 0 radical (unpaired) electrons. The van der Waals surface area contributed by atoms with Gasteiger partial charge in [-0.2, -0.15) is 10.1 Å². The van der Waals surface area contributed by atoms with Gasteiger partial charge in [0.15, 0.2) is 11.6 Å². The Hall–Kier alpha value is -3.22. The Morgan fingerprint density at radius 3 is 2.71 bits per heavy atom. The second kappa shape index (κ2) is 8.49. The first kappa shape index (κ1) is 21.0. The maximum absolute atomic E-state index is 13.9. The number of halogens is 3. The Morgan fingerprint density at radius 1 is 1.19 bits per heavy atom. The molecule has 4 aromatic rings. The molecule has 2 aromatic carbocycles. The molecule has 0 atom stereocenters. The lowest BCUT2D eigenvalue weighted by Gasteiger charge is -2.15. The third-order valence-corrected chi connectivity index (χ3v) is 5.28. The van der Waals surface area contributed by atoms with Gasteiger partial charge < -0.3 is 9.73 Å². The summed E-state index contributed by atoms with van der Waals surface area (Å²) in [6.07, 6.45) is 1.23. The first-order valence-corrected chi connectivity index (χ1v) is 10.1. The quantitative estimate of drug-likeness (QED) is 0.305. The van der Waals surface area contributed by atoms with Crippen LogP contribution in [0.2, 0.25) is 0 Å². The maximum atomic E-state index is 13.9. The number of rotatable bonds is 5. The first-order valence-electron chi connectivity index (χ1n) is 9.05. The molecule has 0 saturated carbocycles. The van der Waals surface area contributed by atoms with E-state index in [0.717, 1.165) is 11.6 Å². The molecule has 11 heteroatoms. The molecule has 0 bridgehead atoms. The second-order valence-electron chi connectivity index (χ2n) is 6.76. The largest absolute Gasteiger partial charge is 0.423 e. The minimum atomic E-state index is -0.953. The molecule has 1 N–H and O–H groups in total. The fourth-order valence-corrected chi connectivity index (χ4v) is 3.55. The Balaban J connectivity index is 1.73. The SMILES string of the molecule is Cc1ccc(-c2nnco2)cc1Nc1nc(=O)c(C)nn1Cc1cc(F)c(F)c(I)c1. The molecule has 158 valence electrons. The van der Waals surface area contributed by atoms with Crippen LogP contribution in [0.1, 0.15) is 16.8 Å². The molecular formula is C20H15F2IN6O2. The molecule has 0 saturated heterocycles. The van der Waals surface area contributed by atoms with Crippen molar-refractivity contribution < 1.29 is 13.2 Å². The Morgan fingerprint density at radius 2 is 2.00 bits per heavy atom. The maximum Gasteiger partial charge on any atom is 0.296 e. The zero-order valence-electron chi connectivity index (χ0n) is 16.4. The van der Waals surface area contributed by atoms with Crippen LogP contribution in [0.4, 0.5) is 20.4 Å². The Bertz CT molecular complexity index is 1300. The highest BCUT2D eigenvalue weighted by Gasteiger charge is 2.14. The van der Waals surface area contributed by atoms with Crippen LogP contribution in [-0.4, -0.2) is 25.0 Å². The van der Waals surface area contributed by atoms with Crippen molar-refractivity contribution in [3.8, 4) is 11.5 Å². The van der Waals surface area contributed by atoms with Gasteiger partial charge in [-0.3, -0.25) is 4.79 Å². The van der Waals surface area contributed by atoms with E-state index in [4.69, 9.17) is 4.42 Å². The van der Waals surface area contributed by atoms with Gasteiger partial charge in [-0.1, -0.05) is 6.07 Å². The Kier molecular flexibility index (Phi) is 5.76. The zero-order valence-corrected chi connectivity index (χ0v) is 18.5. The molecule has 0 aliphatic rings. The predicted octanol–water partition coefficient (Wildman–Crippen LogP) is 3.98. The van der Waals surface area contributed by atoms with Crippen molar-refractivity contribution >= 4 is 34.2 Å². The summed E-state index contributed by atoms with van der Waals surface area (Å²) in [6, 6.07) is 8.06. The summed E-state index contributed by atoms with van der Waals surface area (Å²) in [5, 5.41) is 14.9. The van der Waals surface area contributed by atoms with Gasteiger partial charge >= 0.3 is 0 Å². The van der Waals surface area contributed by atoms with Crippen LogP contribution in [0.3, 0.4) is 0 Å². The number of aromatic nitrogens is 5.